The smallest absolute Gasteiger partial charge is 0.0556 e. The molecule has 0 bridgehead atoms. The van der Waals surface area contributed by atoms with Crippen molar-refractivity contribution in [2.24, 2.45) is 0 Å². The van der Waals surface area contributed by atoms with Crippen LogP contribution in [0.3, 0.4) is 0 Å². The van der Waals surface area contributed by atoms with Gasteiger partial charge in [-0.15, -0.1) is 0 Å². The number of methoxy groups -OCH3 is 1. The number of rotatable bonds is 9. The lowest BCUT2D eigenvalue weighted by Crippen LogP contribution is -2.02. The molecule has 0 saturated carbocycles. The predicted molar refractivity (Wildman–Crippen MR) is 51.7 cm³/mol. The Bertz CT molecular complexity index is 70.7. The van der Waals surface area contributed by atoms with Gasteiger partial charge in [0.2, 0.25) is 0 Å². The van der Waals surface area contributed by atoms with E-state index in [1.807, 2.05) is 0 Å². The summed E-state index contributed by atoms with van der Waals surface area (Å²) in [4.78, 5) is 0. The van der Waals surface area contributed by atoms with Crippen molar-refractivity contribution in [1.29, 1.82) is 0 Å². The van der Waals surface area contributed by atoms with Gasteiger partial charge in [-0.2, -0.15) is 11.8 Å². The number of hydrogen-bond acceptors (Lipinski definition) is 4. The zero-order valence-corrected chi connectivity index (χ0v) is 8.44. The molecule has 0 aromatic rings. The van der Waals surface area contributed by atoms with Gasteiger partial charge in [0, 0.05) is 31.8 Å². The summed E-state index contributed by atoms with van der Waals surface area (Å²) >= 11 is 1.71. The fourth-order valence-corrected chi connectivity index (χ4v) is 1.26. The van der Waals surface area contributed by atoms with Crippen LogP contribution in [0.2, 0.25) is 0 Å². The van der Waals surface area contributed by atoms with Gasteiger partial charge < -0.3 is 14.6 Å². The van der Waals surface area contributed by atoms with Crippen LogP contribution in [0, 0.1) is 0 Å². The molecule has 0 unspecified atom stereocenters. The highest BCUT2D eigenvalue weighted by Crippen LogP contribution is 1.97. The molecule has 74 valence electrons. The third kappa shape index (κ3) is 10.2. The average molecular weight is 194 g/mol. The van der Waals surface area contributed by atoms with Gasteiger partial charge in [0.25, 0.3) is 0 Å². The second kappa shape index (κ2) is 11.2. The van der Waals surface area contributed by atoms with Crippen LogP contribution in [-0.2, 0) is 9.47 Å². The van der Waals surface area contributed by atoms with Gasteiger partial charge in [-0.1, -0.05) is 0 Å². The highest BCUT2D eigenvalue weighted by atomic mass is 32.2. The first-order valence-electron chi connectivity index (χ1n) is 4.17. The number of thioether (sulfide) groups is 1. The van der Waals surface area contributed by atoms with E-state index in [0.717, 1.165) is 37.7 Å². The summed E-state index contributed by atoms with van der Waals surface area (Å²) in [6, 6.07) is 0. The third-order valence-corrected chi connectivity index (χ3v) is 2.17. The highest BCUT2D eigenvalue weighted by molar-refractivity contribution is 7.99. The van der Waals surface area contributed by atoms with E-state index in [9.17, 15) is 0 Å². The summed E-state index contributed by atoms with van der Waals surface area (Å²) in [5, 5.41) is 8.46. The Morgan fingerprint density at radius 3 is 2.67 bits per heavy atom. The molecular weight excluding hydrogens is 176 g/mol. The average Bonchev–Trinajstić information content (AvgIpc) is 2.10. The molecule has 3 nitrogen and oxygen atoms in total. The second-order valence-corrected chi connectivity index (χ2v) is 3.52. The fraction of sp³-hybridized carbons (Fsp3) is 1.00. The number of ether oxygens (including phenoxy) is 2. The summed E-state index contributed by atoms with van der Waals surface area (Å²) in [5.74, 6) is 1.77. The lowest BCUT2D eigenvalue weighted by Gasteiger charge is -2.02. The summed E-state index contributed by atoms with van der Waals surface area (Å²) in [6.07, 6.45) is 0.959. The molecule has 0 saturated heterocycles. The lowest BCUT2D eigenvalue weighted by molar-refractivity contribution is 0.113. The molecule has 1 N–H and O–H groups in total. The van der Waals surface area contributed by atoms with E-state index in [-0.39, 0.29) is 6.61 Å². The molecule has 0 heterocycles. The van der Waals surface area contributed by atoms with Crippen molar-refractivity contribution in [3.8, 4) is 0 Å². The van der Waals surface area contributed by atoms with Gasteiger partial charge in [-0.25, -0.2) is 0 Å². The third-order valence-electron chi connectivity index (χ3n) is 1.24. The van der Waals surface area contributed by atoms with E-state index in [0.29, 0.717) is 0 Å². The Hall–Kier alpha value is 0.230. The van der Waals surface area contributed by atoms with E-state index < -0.39 is 0 Å². The minimum Gasteiger partial charge on any atom is -0.396 e. The summed E-state index contributed by atoms with van der Waals surface area (Å²) in [7, 11) is 1.69. The standard InChI is InChI=1S/C8H18O3S/c1-10-4-2-5-11-6-8-12-7-3-9/h9H,2-8H2,1H3. The normalized spacial score (nSPS) is 10.5. The molecule has 0 fully saturated rings. The molecule has 0 aliphatic carbocycles. The van der Waals surface area contributed by atoms with Gasteiger partial charge in [-0.3, -0.25) is 0 Å². The van der Waals surface area contributed by atoms with Crippen LogP contribution in [0.25, 0.3) is 0 Å². The van der Waals surface area contributed by atoms with Crippen LogP contribution in [0.1, 0.15) is 6.42 Å². The molecule has 12 heavy (non-hydrogen) atoms. The van der Waals surface area contributed by atoms with Crippen LogP contribution in [-0.4, -0.2) is 50.1 Å². The zero-order valence-electron chi connectivity index (χ0n) is 7.62. The van der Waals surface area contributed by atoms with E-state index in [1.54, 1.807) is 18.9 Å². The molecule has 0 rings (SSSR count). The monoisotopic (exact) mass is 194 g/mol. The van der Waals surface area contributed by atoms with Crippen molar-refractivity contribution in [3.05, 3.63) is 0 Å². The Balaban J connectivity index is 2.73. The first kappa shape index (κ1) is 12.2. The van der Waals surface area contributed by atoms with Gasteiger partial charge in [0.1, 0.15) is 0 Å². The first-order valence-corrected chi connectivity index (χ1v) is 5.32. The van der Waals surface area contributed by atoms with Crippen LogP contribution >= 0.6 is 11.8 Å². The molecule has 0 aliphatic rings. The molecule has 0 radical (unpaired) electrons. The molecule has 0 aromatic carbocycles. The van der Waals surface area contributed by atoms with Gasteiger partial charge >= 0.3 is 0 Å². The van der Waals surface area contributed by atoms with E-state index in [2.05, 4.69) is 0 Å². The molecule has 0 aromatic heterocycles. The van der Waals surface area contributed by atoms with E-state index in [4.69, 9.17) is 14.6 Å². The molecule has 0 aliphatic heterocycles. The summed E-state index contributed by atoms with van der Waals surface area (Å²) in [5.41, 5.74) is 0. The Kier molecular flexibility index (Phi) is 11.4. The minimum absolute atomic E-state index is 0.258. The highest BCUT2D eigenvalue weighted by Gasteiger charge is 1.89. The topological polar surface area (TPSA) is 38.7 Å². The molecular formula is C8H18O3S. The molecule has 0 spiro atoms. The van der Waals surface area contributed by atoms with Crippen molar-refractivity contribution in [3.63, 3.8) is 0 Å². The van der Waals surface area contributed by atoms with Gasteiger partial charge in [0.05, 0.1) is 13.2 Å². The fourth-order valence-electron chi connectivity index (χ4n) is 0.692. The van der Waals surface area contributed by atoms with Crippen molar-refractivity contribution in [1.82, 2.24) is 0 Å². The Labute approximate surface area is 78.4 Å². The van der Waals surface area contributed by atoms with Crippen LogP contribution in [0.15, 0.2) is 0 Å². The number of hydrogen-bond donors (Lipinski definition) is 1. The van der Waals surface area contributed by atoms with Crippen molar-refractivity contribution in [2.45, 2.75) is 6.42 Å². The first-order chi connectivity index (χ1) is 5.91. The number of aliphatic hydroxyl groups is 1. The summed E-state index contributed by atoms with van der Waals surface area (Å²) < 4.78 is 10.2. The predicted octanol–water partition coefficient (Wildman–Crippen LogP) is 0.765. The number of aliphatic hydroxyl groups excluding tert-OH is 1. The van der Waals surface area contributed by atoms with Gasteiger partial charge in [-0.05, 0) is 6.42 Å². The van der Waals surface area contributed by atoms with Crippen LogP contribution < -0.4 is 0 Å². The van der Waals surface area contributed by atoms with E-state index in [1.165, 1.54) is 0 Å². The Morgan fingerprint density at radius 1 is 1.17 bits per heavy atom. The van der Waals surface area contributed by atoms with Crippen molar-refractivity contribution < 1.29 is 14.6 Å². The lowest BCUT2D eigenvalue weighted by atomic mass is 10.5. The molecule has 0 amide bonds. The maximum absolute atomic E-state index is 8.46. The van der Waals surface area contributed by atoms with Crippen molar-refractivity contribution >= 4 is 11.8 Å². The van der Waals surface area contributed by atoms with Gasteiger partial charge in [0.15, 0.2) is 0 Å². The quantitative estimate of drug-likeness (QED) is 0.550. The molecule has 4 heteroatoms. The summed E-state index contributed by atoms with van der Waals surface area (Å²) in [6.45, 7) is 2.57. The van der Waals surface area contributed by atoms with Crippen molar-refractivity contribution in [2.75, 3.05) is 45.0 Å². The molecule has 0 atom stereocenters. The van der Waals surface area contributed by atoms with Crippen LogP contribution in [0.4, 0.5) is 0 Å². The minimum atomic E-state index is 0.258. The maximum atomic E-state index is 8.46. The largest absolute Gasteiger partial charge is 0.396 e. The second-order valence-electron chi connectivity index (χ2n) is 2.29. The maximum Gasteiger partial charge on any atom is 0.0556 e. The zero-order chi connectivity index (χ0) is 9.07. The van der Waals surface area contributed by atoms with Crippen LogP contribution in [0.5, 0.6) is 0 Å². The Morgan fingerprint density at radius 2 is 2.00 bits per heavy atom. The SMILES string of the molecule is COCCCOCCSCCO. The van der Waals surface area contributed by atoms with E-state index >= 15 is 0 Å².